The molecule has 9 heteroatoms. The van der Waals surface area contributed by atoms with Crippen molar-refractivity contribution >= 4 is 68.9 Å². The molecule has 2 N–H and O–H groups in total. The fraction of sp³-hybridized carbons (Fsp3) is 0.150. The highest BCUT2D eigenvalue weighted by Gasteiger charge is 2.17. The topological polar surface area (TPSA) is 71.1 Å². The van der Waals surface area contributed by atoms with Crippen LogP contribution in [0.15, 0.2) is 52.7 Å². The third kappa shape index (κ3) is 5.96. The lowest BCUT2D eigenvalue weighted by molar-refractivity contribution is -0.115. The summed E-state index contributed by atoms with van der Waals surface area (Å²) in [6.07, 6.45) is 0. The van der Waals surface area contributed by atoms with Crippen molar-refractivity contribution in [1.82, 2.24) is 4.98 Å². The number of benzene rings is 2. The quantitative estimate of drug-likeness (QED) is 0.425. The lowest BCUT2D eigenvalue weighted by atomic mass is 10.2. The average Bonchev–Trinajstić information content (AvgIpc) is 3.12. The summed E-state index contributed by atoms with van der Waals surface area (Å²) in [5.74, 6) is -0.297. The molecule has 0 bridgehead atoms. The molecular weight excluding hydrogens is 449 g/mol. The van der Waals surface area contributed by atoms with Crippen LogP contribution in [0.25, 0.3) is 11.3 Å². The van der Waals surface area contributed by atoms with Gasteiger partial charge in [0.15, 0.2) is 5.13 Å². The molecular formula is C20H17Cl2N3O2S2. The Kier molecular flexibility index (Phi) is 7.18. The number of thioether (sulfide) groups is 1. The number of rotatable bonds is 6. The van der Waals surface area contributed by atoms with E-state index in [0.717, 1.165) is 10.5 Å². The number of anilines is 2. The lowest BCUT2D eigenvalue weighted by Gasteiger charge is -2.11. The summed E-state index contributed by atoms with van der Waals surface area (Å²) in [6.45, 7) is 3.27. The maximum atomic E-state index is 12.6. The van der Waals surface area contributed by atoms with Gasteiger partial charge in [0.2, 0.25) is 11.8 Å². The van der Waals surface area contributed by atoms with E-state index in [0.29, 0.717) is 26.6 Å². The van der Waals surface area contributed by atoms with Crippen LogP contribution < -0.4 is 10.6 Å². The second kappa shape index (κ2) is 9.63. The van der Waals surface area contributed by atoms with Crippen molar-refractivity contribution in [3.63, 3.8) is 0 Å². The minimum Gasteiger partial charge on any atom is -0.326 e. The van der Waals surface area contributed by atoms with Gasteiger partial charge in [-0.05, 0) is 37.3 Å². The number of carbonyl (C=O) groups is 2. The van der Waals surface area contributed by atoms with Gasteiger partial charge >= 0.3 is 0 Å². The molecule has 0 fully saturated rings. The number of thiazole rings is 1. The van der Waals surface area contributed by atoms with Gasteiger partial charge in [0.05, 0.1) is 21.0 Å². The van der Waals surface area contributed by atoms with Crippen LogP contribution in [-0.2, 0) is 9.59 Å². The van der Waals surface area contributed by atoms with Crippen LogP contribution in [0.2, 0.25) is 10.0 Å². The Morgan fingerprint density at radius 2 is 1.90 bits per heavy atom. The van der Waals surface area contributed by atoms with Crippen LogP contribution in [0, 0.1) is 0 Å². The summed E-state index contributed by atoms with van der Waals surface area (Å²) < 4.78 is 0. The molecule has 0 saturated heterocycles. The minimum atomic E-state index is -0.347. The van der Waals surface area contributed by atoms with E-state index in [2.05, 4.69) is 15.6 Å². The van der Waals surface area contributed by atoms with Crippen molar-refractivity contribution in [3.05, 3.63) is 57.9 Å². The molecule has 2 amide bonds. The number of halogens is 2. The predicted octanol–water partition coefficient (Wildman–Crippen LogP) is 6.19. The number of hydrogen-bond acceptors (Lipinski definition) is 5. The first kappa shape index (κ1) is 21.6. The Balaban J connectivity index is 1.63. The zero-order valence-electron chi connectivity index (χ0n) is 15.5. The first-order valence-corrected chi connectivity index (χ1v) is 11.1. The van der Waals surface area contributed by atoms with E-state index < -0.39 is 0 Å². The van der Waals surface area contributed by atoms with Gasteiger partial charge in [-0.15, -0.1) is 23.1 Å². The van der Waals surface area contributed by atoms with Crippen LogP contribution >= 0.6 is 46.3 Å². The summed E-state index contributed by atoms with van der Waals surface area (Å²) in [5.41, 5.74) is 2.24. The average molecular weight is 466 g/mol. The fourth-order valence-electron chi connectivity index (χ4n) is 2.43. The van der Waals surface area contributed by atoms with Gasteiger partial charge in [0.1, 0.15) is 0 Å². The molecule has 1 atom stereocenters. The fourth-order valence-corrected chi connectivity index (χ4v) is 4.38. The number of nitrogens with zero attached hydrogens (tertiary/aromatic N) is 1. The molecule has 29 heavy (non-hydrogen) atoms. The van der Waals surface area contributed by atoms with Crippen LogP contribution in [0.5, 0.6) is 0 Å². The molecule has 0 radical (unpaired) electrons. The highest BCUT2D eigenvalue weighted by Crippen LogP contribution is 2.31. The highest BCUT2D eigenvalue weighted by atomic mass is 35.5. The number of aromatic nitrogens is 1. The van der Waals surface area contributed by atoms with Gasteiger partial charge in [-0.25, -0.2) is 4.98 Å². The van der Waals surface area contributed by atoms with Gasteiger partial charge < -0.3 is 10.6 Å². The molecule has 150 valence electrons. The Labute approximate surface area is 186 Å². The van der Waals surface area contributed by atoms with Gasteiger partial charge in [-0.1, -0.05) is 35.3 Å². The normalized spacial score (nSPS) is 11.7. The third-order valence-corrected chi connectivity index (χ3v) is 6.38. The van der Waals surface area contributed by atoms with E-state index in [1.54, 1.807) is 18.2 Å². The number of carbonyl (C=O) groups excluding carboxylic acids is 2. The van der Waals surface area contributed by atoms with Crippen molar-refractivity contribution in [2.75, 3.05) is 10.6 Å². The van der Waals surface area contributed by atoms with E-state index in [9.17, 15) is 9.59 Å². The Morgan fingerprint density at radius 1 is 1.10 bits per heavy atom. The maximum absolute atomic E-state index is 12.6. The first-order valence-electron chi connectivity index (χ1n) is 8.58. The second-order valence-corrected chi connectivity index (χ2v) is 9.21. The van der Waals surface area contributed by atoms with Gasteiger partial charge in [0, 0.05) is 28.5 Å². The molecule has 1 heterocycles. The van der Waals surface area contributed by atoms with Crippen molar-refractivity contribution in [3.8, 4) is 11.3 Å². The lowest BCUT2D eigenvalue weighted by Crippen LogP contribution is -2.22. The number of nitrogens with one attached hydrogen (secondary N) is 2. The van der Waals surface area contributed by atoms with Crippen molar-refractivity contribution in [1.29, 1.82) is 0 Å². The zero-order chi connectivity index (χ0) is 21.0. The minimum absolute atomic E-state index is 0.139. The summed E-state index contributed by atoms with van der Waals surface area (Å²) in [4.78, 5) is 29.1. The molecule has 3 aromatic rings. The van der Waals surface area contributed by atoms with E-state index in [1.165, 1.54) is 30.0 Å². The Morgan fingerprint density at radius 3 is 2.62 bits per heavy atom. The van der Waals surface area contributed by atoms with Gasteiger partial charge in [-0.3, -0.25) is 9.59 Å². The SMILES string of the molecule is CC(=O)Nc1cccc(SC(C)C(=O)Nc2nc(-c3ccc(Cl)c(Cl)c3)cs2)c1. The zero-order valence-corrected chi connectivity index (χ0v) is 18.7. The highest BCUT2D eigenvalue weighted by molar-refractivity contribution is 8.00. The molecule has 0 aliphatic carbocycles. The molecule has 0 saturated carbocycles. The summed E-state index contributed by atoms with van der Waals surface area (Å²) in [6, 6.07) is 12.6. The van der Waals surface area contributed by atoms with Crippen LogP contribution in [-0.4, -0.2) is 22.0 Å². The summed E-state index contributed by atoms with van der Waals surface area (Å²) in [7, 11) is 0. The standard InChI is InChI=1S/C20H17Cl2N3O2S2/c1-11(29-15-5-3-4-14(9-15)23-12(2)26)19(27)25-20-24-18(10-28-20)13-6-7-16(21)17(22)8-13/h3-11H,1-2H3,(H,23,26)(H,24,25,27). The molecule has 2 aromatic carbocycles. The molecule has 3 rings (SSSR count). The van der Waals surface area contributed by atoms with Crippen molar-refractivity contribution in [2.45, 2.75) is 24.0 Å². The van der Waals surface area contributed by atoms with Crippen LogP contribution in [0.3, 0.4) is 0 Å². The van der Waals surface area contributed by atoms with E-state index in [-0.39, 0.29) is 17.1 Å². The molecule has 0 spiro atoms. The second-order valence-electron chi connectivity index (χ2n) is 6.13. The van der Waals surface area contributed by atoms with Gasteiger partial charge in [-0.2, -0.15) is 0 Å². The van der Waals surface area contributed by atoms with Crippen molar-refractivity contribution < 1.29 is 9.59 Å². The van der Waals surface area contributed by atoms with E-state index in [4.69, 9.17) is 23.2 Å². The first-order chi connectivity index (χ1) is 13.8. The summed E-state index contributed by atoms with van der Waals surface area (Å²) >= 11 is 14.7. The molecule has 0 aliphatic heterocycles. The van der Waals surface area contributed by atoms with Crippen molar-refractivity contribution in [2.24, 2.45) is 0 Å². The number of amides is 2. The molecule has 5 nitrogen and oxygen atoms in total. The predicted molar refractivity (Wildman–Crippen MR) is 122 cm³/mol. The Bertz CT molecular complexity index is 1060. The molecule has 1 unspecified atom stereocenters. The van der Waals surface area contributed by atoms with E-state index in [1.807, 2.05) is 36.6 Å². The Hall–Kier alpha value is -2.06. The monoisotopic (exact) mass is 465 g/mol. The third-order valence-electron chi connectivity index (χ3n) is 3.79. The molecule has 0 aliphatic rings. The van der Waals surface area contributed by atoms with E-state index >= 15 is 0 Å². The summed E-state index contributed by atoms with van der Waals surface area (Å²) in [5, 5.41) is 8.52. The van der Waals surface area contributed by atoms with Crippen LogP contribution in [0.4, 0.5) is 10.8 Å². The maximum Gasteiger partial charge on any atom is 0.239 e. The molecule has 1 aromatic heterocycles. The smallest absolute Gasteiger partial charge is 0.239 e. The van der Waals surface area contributed by atoms with Gasteiger partial charge in [0.25, 0.3) is 0 Å². The van der Waals surface area contributed by atoms with Crippen LogP contribution in [0.1, 0.15) is 13.8 Å². The number of hydrogen-bond donors (Lipinski definition) is 2. The largest absolute Gasteiger partial charge is 0.326 e.